The van der Waals surface area contributed by atoms with Crippen molar-refractivity contribution in [1.29, 1.82) is 0 Å². The fourth-order valence-electron chi connectivity index (χ4n) is 2.38. The first-order chi connectivity index (χ1) is 13.3. The summed E-state index contributed by atoms with van der Waals surface area (Å²) in [6.45, 7) is 10.2. The number of oxazole rings is 1. The van der Waals surface area contributed by atoms with E-state index in [2.05, 4.69) is 46.7 Å². The second-order valence-corrected chi connectivity index (χ2v) is 7.19. The van der Waals surface area contributed by atoms with E-state index < -0.39 is 4.92 Å². The van der Waals surface area contributed by atoms with Crippen LogP contribution in [0.3, 0.4) is 0 Å². The Hall–Kier alpha value is -3.10. The Kier molecular flexibility index (Phi) is 7.36. The summed E-state index contributed by atoms with van der Waals surface area (Å²) >= 11 is 0. The molecule has 3 N–H and O–H groups in total. The molecular weight excluding hydrogens is 360 g/mol. The Morgan fingerprint density at radius 3 is 2.64 bits per heavy atom. The minimum absolute atomic E-state index is 0.0571. The lowest BCUT2D eigenvalue weighted by Gasteiger charge is -2.13. The highest BCUT2D eigenvalue weighted by Crippen LogP contribution is 2.23. The second kappa shape index (κ2) is 9.72. The molecule has 152 valence electrons. The fourth-order valence-corrected chi connectivity index (χ4v) is 2.38. The van der Waals surface area contributed by atoms with Crippen LogP contribution in [0.25, 0.3) is 0 Å². The Morgan fingerprint density at radius 2 is 2.00 bits per heavy atom. The zero-order chi connectivity index (χ0) is 20.6. The number of nitrogens with zero attached hydrogens (tertiary/aromatic N) is 3. The van der Waals surface area contributed by atoms with Gasteiger partial charge in [0.25, 0.3) is 5.69 Å². The summed E-state index contributed by atoms with van der Waals surface area (Å²) in [5, 5.41) is 20.4. The molecular formula is C19H28N6O3. The van der Waals surface area contributed by atoms with Gasteiger partial charge >= 0.3 is 0 Å². The van der Waals surface area contributed by atoms with Crippen LogP contribution >= 0.6 is 0 Å². The molecule has 1 aromatic carbocycles. The molecule has 0 aliphatic carbocycles. The Labute approximate surface area is 164 Å². The van der Waals surface area contributed by atoms with Crippen molar-refractivity contribution >= 4 is 17.3 Å². The van der Waals surface area contributed by atoms with E-state index in [-0.39, 0.29) is 11.1 Å². The lowest BCUT2D eigenvalue weighted by atomic mass is 9.94. The van der Waals surface area contributed by atoms with E-state index >= 15 is 0 Å². The van der Waals surface area contributed by atoms with Gasteiger partial charge in [0, 0.05) is 31.1 Å². The number of guanidine groups is 1. The van der Waals surface area contributed by atoms with Crippen LogP contribution < -0.4 is 16.0 Å². The van der Waals surface area contributed by atoms with Gasteiger partial charge in [-0.1, -0.05) is 32.9 Å². The number of aromatic nitrogens is 1. The highest BCUT2D eigenvalue weighted by atomic mass is 16.6. The summed E-state index contributed by atoms with van der Waals surface area (Å²) in [6, 6.07) is 6.57. The first kappa shape index (κ1) is 21.2. The average Bonchev–Trinajstić information content (AvgIpc) is 3.13. The molecule has 0 aliphatic heterocycles. The van der Waals surface area contributed by atoms with E-state index in [4.69, 9.17) is 4.42 Å². The van der Waals surface area contributed by atoms with E-state index in [9.17, 15) is 10.1 Å². The standard InChI is InChI=1S/C19H28N6O3/c1-5-20-18(24-13-17-23-12-16(28-17)19(2,3)4)22-11-10-21-14-8-6-7-9-15(14)25(26)27/h6-9,12,21H,5,10-11,13H2,1-4H3,(H2,20,22,24). The van der Waals surface area contributed by atoms with E-state index in [1.54, 1.807) is 24.4 Å². The molecule has 0 saturated carbocycles. The first-order valence-corrected chi connectivity index (χ1v) is 9.26. The van der Waals surface area contributed by atoms with Crippen molar-refractivity contribution in [3.8, 4) is 0 Å². The van der Waals surface area contributed by atoms with Crippen molar-refractivity contribution < 1.29 is 9.34 Å². The van der Waals surface area contributed by atoms with Gasteiger partial charge in [-0.25, -0.2) is 9.98 Å². The minimum atomic E-state index is -0.399. The number of benzene rings is 1. The number of nitrogens with one attached hydrogen (secondary N) is 3. The highest BCUT2D eigenvalue weighted by molar-refractivity contribution is 5.79. The van der Waals surface area contributed by atoms with Crippen molar-refractivity contribution in [3.63, 3.8) is 0 Å². The summed E-state index contributed by atoms with van der Waals surface area (Å²) < 4.78 is 5.75. The lowest BCUT2D eigenvalue weighted by molar-refractivity contribution is -0.384. The molecule has 9 nitrogen and oxygen atoms in total. The van der Waals surface area contributed by atoms with Crippen LogP contribution in [0.1, 0.15) is 39.3 Å². The number of rotatable bonds is 8. The molecule has 9 heteroatoms. The van der Waals surface area contributed by atoms with E-state index in [0.717, 1.165) is 5.76 Å². The molecule has 0 amide bonds. The summed E-state index contributed by atoms with van der Waals surface area (Å²) in [7, 11) is 0. The third-order valence-corrected chi connectivity index (χ3v) is 3.84. The summed E-state index contributed by atoms with van der Waals surface area (Å²) in [6.07, 6.45) is 1.74. The van der Waals surface area contributed by atoms with Gasteiger partial charge < -0.3 is 20.4 Å². The second-order valence-electron chi connectivity index (χ2n) is 7.19. The molecule has 1 heterocycles. The first-order valence-electron chi connectivity index (χ1n) is 9.26. The monoisotopic (exact) mass is 388 g/mol. The quantitative estimate of drug-likeness (QED) is 0.209. The van der Waals surface area contributed by atoms with Crippen molar-refractivity contribution in [2.45, 2.75) is 39.7 Å². The van der Waals surface area contributed by atoms with Gasteiger partial charge in [-0.05, 0) is 13.0 Å². The molecule has 28 heavy (non-hydrogen) atoms. The molecule has 0 spiro atoms. The number of nitro benzene ring substituents is 1. The average molecular weight is 388 g/mol. The molecule has 0 unspecified atom stereocenters. The Balaban J connectivity index is 1.88. The Bertz CT molecular complexity index is 810. The van der Waals surface area contributed by atoms with Gasteiger partial charge in [-0.3, -0.25) is 10.1 Å². The van der Waals surface area contributed by atoms with Crippen LogP contribution in [-0.2, 0) is 12.0 Å². The van der Waals surface area contributed by atoms with Crippen LogP contribution in [0, 0.1) is 10.1 Å². The normalized spacial score (nSPS) is 11.9. The number of para-hydroxylation sites is 2. The maximum absolute atomic E-state index is 11.0. The van der Waals surface area contributed by atoms with E-state index in [1.165, 1.54) is 6.07 Å². The lowest BCUT2D eigenvalue weighted by Crippen LogP contribution is -2.39. The number of aliphatic imine (C=N–C) groups is 1. The number of nitro groups is 1. The fraction of sp³-hybridized carbons (Fsp3) is 0.474. The third kappa shape index (κ3) is 6.26. The summed E-state index contributed by atoms with van der Waals surface area (Å²) in [5.41, 5.74) is 0.455. The van der Waals surface area contributed by atoms with Crippen LogP contribution in [0.15, 0.2) is 39.9 Å². The van der Waals surface area contributed by atoms with Gasteiger partial charge in [-0.2, -0.15) is 0 Å². The van der Waals surface area contributed by atoms with Gasteiger partial charge in [0.2, 0.25) is 5.89 Å². The topological polar surface area (TPSA) is 118 Å². The van der Waals surface area contributed by atoms with Crippen molar-refractivity contribution in [2.75, 3.05) is 25.0 Å². The molecule has 0 radical (unpaired) electrons. The smallest absolute Gasteiger partial charge is 0.292 e. The predicted molar refractivity (Wildman–Crippen MR) is 110 cm³/mol. The van der Waals surface area contributed by atoms with Crippen LogP contribution in [0.2, 0.25) is 0 Å². The van der Waals surface area contributed by atoms with Gasteiger partial charge in [0.05, 0.1) is 11.1 Å². The highest BCUT2D eigenvalue weighted by Gasteiger charge is 2.19. The zero-order valence-corrected chi connectivity index (χ0v) is 16.8. The molecule has 1 aromatic heterocycles. The molecule has 0 saturated heterocycles. The number of hydrogen-bond donors (Lipinski definition) is 3. The van der Waals surface area contributed by atoms with Crippen molar-refractivity contribution in [2.24, 2.45) is 4.99 Å². The predicted octanol–water partition coefficient (Wildman–Crippen LogP) is 3.05. The van der Waals surface area contributed by atoms with Crippen LogP contribution in [-0.4, -0.2) is 35.5 Å². The van der Waals surface area contributed by atoms with Gasteiger partial charge in [-0.15, -0.1) is 0 Å². The maximum Gasteiger partial charge on any atom is 0.292 e. The number of hydrogen-bond acceptors (Lipinski definition) is 6. The van der Waals surface area contributed by atoms with Gasteiger partial charge in [0.15, 0.2) is 5.96 Å². The molecule has 0 atom stereocenters. The third-order valence-electron chi connectivity index (χ3n) is 3.84. The largest absolute Gasteiger partial charge is 0.443 e. The zero-order valence-electron chi connectivity index (χ0n) is 16.8. The van der Waals surface area contributed by atoms with Crippen molar-refractivity contribution in [1.82, 2.24) is 15.6 Å². The molecule has 2 rings (SSSR count). The molecule has 0 fully saturated rings. The van der Waals surface area contributed by atoms with Gasteiger partial charge in [0.1, 0.15) is 18.0 Å². The minimum Gasteiger partial charge on any atom is -0.443 e. The summed E-state index contributed by atoms with van der Waals surface area (Å²) in [4.78, 5) is 19.4. The molecule has 0 aliphatic rings. The van der Waals surface area contributed by atoms with Crippen LogP contribution in [0.5, 0.6) is 0 Å². The van der Waals surface area contributed by atoms with E-state index in [1.807, 2.05) is 6.92 Å². The van der Waals surface area contributed by atoms with Crippen LogP contribution in [0.4, 0.5) is 11.4 Å². The number of anilines is 1. The summed E-state index contributed by atoms with van der Waals surface area (Å²) in [5.74, 6) is 2.01. The van der Waals surface area contributed by atoms with Crippen molar-refractivity contribution in [3.05, 3.63) is 52.2 Å². The Morgan fingerprint density at radius 1 is 1.25 bits per heavy atom. The molecule has 2 aromatic rings. The van der Waals surface area contributed by atoms with E-state index in [0.29, 0.717) is 43.7 Å². The molecule has 0 bridgehead atoms. The SMILES string of the molecule is CCNC(=NCc1ncc(C(C)(C)C)o1)NCCNc1ccccc1[N+](=O)[O-]. The maximum atomic E-state index is 11.0.